The Morgan fingerprint density at radius 3 is 2.17 bits per heavy atom. The molecule has 8 aromatic carbocycles. The molecule has 0 N–H and O–H groups in total. The molecule has 2 aromatic heterocycles. The second kappa shape index (κ2) is 11.2. The van der Waals surface area contributed by atoms with Crippen molar-refractivity contribution >= 4 is 87.0 Å². The normalized spacial score (nSPS) is 14.0. The van der Waals surface area contributed by atoms with Crippen LogP contribution < -0.4 is 10.0 Å². The monoisotopic (exact) mass is 686 g/mol. The fourth-order valence-corrected chi connectivity index (χ4v) is 9.25. The largest absolute Gasteiger partial charge is 0.251 e. The molecule has 4 nitrogen and oxygen atoms in total. The lowest BCUT2D eigenvalue weighted by Gasteiger charge is -2.43. The maximum absolute atomic E-state index is 8.97. The summed E-state index contributed by atoms with van der Waals surface area (Å²) in [5.41, 5.74) is 6.41. The SMILES string of the molecule is [2H]c1ccccc1-c1nc(N2c3c(c4ccccc4c4c3sc3ccccc34)-c3c(ccc4ccccc34)N2c2ccccc2C([2H])([2H])[2H])nc2ccccc12. The molecule has 0 radical (unpaired) electrons. The van der Waals surface area contributed by atoms with Crippen LogP contribution in [0, 0.1) is 6.85 Å². The Labute approximate surface area is 310 Å². The molecule has 1 aliphatic heterocycles. The average Bonchev–Trinajstić information content (AvgIpc) is 3.62. The first-order valence-electron chi connectivity index (χ1n) is 19.3. The van der Waals surface area contributed by atoms with E-state index in [0.717, 1.165) is 69.6 Å². The zero-order valence-electron chi connectivity index (χ0n) is 31.7. The molecule has 0 amide bonds. The molecule has 0 fully saturated rings. The Bertz CT molecular complexity index is 3250. The standard InChI is InChI=1S/C47H30N4S/c1-29-15-5-13-25-38(29)50-39-28-27-30-16-6-7-19-32(30)42(39)43-34-21-9-8-20-33(34)41-36-23-11-14-26-40(36)52-46(41)45(43)51(50)47-48-37-24-12-10-22-35(37)44(49-47)31-17-3-2-4-18-31/h2-28H,1H3/i1D3,17D. The maximum Gasteiger partial charge on any atom is 0.251 e. The van der Waals surface area contributed by atoms with Crippen molar-refractivity contribution in [1.82, 2.24) is 9.97 Å². The van der Waals surface area contributed by atoms with Gasteiger partial charge in [-0.15, -0.1) is 11.3 Å². The van der Waals surface area contributed by atoms with Crippen LogP contribution in [0.3, 0.4) is 0 Å². The molecular weight excluding hydrogens is 653 g/mol. The number of thiophene rings is 1. The average molecular weight is 687 g/mol. The molecule has 0 atom stereocenters. The van der Waals surface area contributed by atoms with Crippen molar-refractivity contribution in [2.45, 2.75) is 6.85 Å². The van der Waals surface area contributed by atoms with Crippen LogP contribution >= 0.6 is 11.3 Å². The van der Waals surface area contributed by atoms with E-state index >= 15 is 0 Å². The van der Waals surface area contributed by atoms with Gasteiger partial charge in [-0.1, -0.05) is 140 Å². The summed E-state index contributed by atoms with van der Waals surface area (Å²) < 4.78 is 37.5. The van der Waals surface area contributed by atoms with E-state index in [1.54, 1.807) is 29.5 Å². The number of para-hydroxylation sites is 2. The lowest BCUT2D eigenvalue weighted by molar-refractivity contribution is 0.929. The summed E-state index contributed by atoms with van der Waals surface area (Å²) in [5.74, 6) is 0.358. The van der Waals surface area contributed by atoms with Crippen LogP contribution in [0.25, 0.3) is 75.0 Å². The molecular formula is C47H30N4S. The second-order valence-corrected chi connectivity index (χ2v) is 14.1. The van der Waals surface area contributed by atoms with E-state index in [1.807, 2.05) is 70.7 Å². The number of hydrazine groups is 1. The third-order valence-electron chi connectivity index (χ3n) is 10.2. The molecule has 0 spiro atoms. The third kappa shape index (κ3) is 4.14. The number of aromatic nitrogens is 2. The summed E-state index contributed by atoms with van der Waals surface area (Å²) in [5, 5.41) is 11.5. The van der Waals surface area contributed by atoms with E-state index in [1.165, 1.54) is 0 Å². The quantitative estimate of drug-likeness (QED) is 0.185. The van der Waals surface area contributed by atoms with Crippen LogP contribution in [0.15, 0.2) is 164 Å². The minimum atomic E-state index is -2.44. The number of fused-ring (bicyclic) bond motifs is 13. The van der Waals surface area contributed by atoms with Gasteiger partial charge in [0, 0.05) is 41.7 Å². The van der Waals surface area contributed by atoms with E-state index in [-0.39, 0.29) is 5.56 Å². The summed E-state index contributed by atoms with van der Waals surface area (Å²) in [6, 6.07) is 52.6. The van der Waals surface area contributed by atoms with Crippen LogP contribution in [0.1, 0.15) is 11.0 Å². The summed E-state index contributed by atoms with van der Waals surface area (Å²) in [4.78, 5) is 10.7. The van der Waals surface area contributed by atoms with Gasteiger partial charge in [0.2, 0.25) is 0 Å². The van der Waals surface area contributed by atoms with Crippen molar-refractivity contribution < 1.29 is 5.48 Å². The first kappa shape index (κ1) is 25.4. The van der Waals surface area contributed by atoms with Gasteiger partial charge in [0.15, 0.2) is 0 Å². The molecule has 0 unspecified atom stereocenters. The van der Waals surface area contributed by atoms with Crippen molar-refractivity contribution in [2.24, 2.45) is 0 Å². The Balaban J connectivity index is 1.39. The number of anilines is 4. The Morgan fingerprint density at radius 1 is 0.558 bits per heavy atom. The summed E-state index contributed by atoms with van der Waals surface area (Å²) >= 11 is 1.72. The summed E-state index contributed by atoms with van der Waals surface area (Å²) in [6.45, 7) is -2.44. The maximum atomic E-state index is 8.97. The highest BCUT2D eigenvalue weighted by Crippen LogP contribution is 2.59. The van der Waals surface area contributed by atoms with Crippen LogP contribution in [0.2, 0.25) is 0 Å². The number of hydrogen-bond acceptors (Lipinski definition) is 5. The van der Waals surface area contributed by atoms with Gasteiger partial charge in [0.1, 0.15) is 0 Å². The van der Waals surface area contributed by atoms with Gasteiger partial charge in [0.05, 0.1) is 34.3 Å². The molecule has 0 aliphatic carbocycles. The fraction of sp³-hybridized carbons (Fsp3) is 0.0213. The van der Waals surface area contributed by atoms with E-state index in [0.29, 0.717) is 34.5 Å². The van der Waals surface area contributed by atoms with Crippen LogP contribution in [-0.4, -0.2) is 9.97 Å². The zero-order chi connectivity index (χ0) is 37.7. The lowest BCUT2D eigenvalue weighted by Crippen LogP contribution is -2.40. The second-order valence-electron chi connectivity index (χ2n) is 13.1. The molecule has 244 valence electrons. The molecule has 10 aromatic rings. The van der Waals surface area contributed by atoms with Gasteiger partial charge in [-0.2, -0.15) is 0 Å². The number of nitrogens with zero attached hydrogens (tertiary/aromatic N) is 4. The van der Waals surface area contributed by atoms with E-state index in [2.05, 4.69) is 78.9 Å². The Hall–Kier alpha value is -6.56. The van der Waals surface area contributed by atoms with Crippen molar-refractivity contribution in [3.8, 4) is 22.4 Å². The molecule has 1 aliphatic rings. The molecule has 52 heavy (non-hydrogen) atoms. The zero-order valence-corrected chi connectivity index (χ0v) is 28.5. The molecule has 5 heteroatoms. The van der Waals surface area contributed by atoms with Crippen LogP contribution in [0.5, 0.6) is 0 Å². The fourth-order valence-electron chi connectivity index (χ4n) is 7.99. The highest BCUT2D eigenvalue weighted by atomic mass is 32.1. The number of hydrogen-bond donors (Lipinski definition) is 0. The van der Waals surface area contributed by atoms with Crippen LogP contribution in [-0.2, 0) is 0 Å². The van der Waals surface area contributed by atoms with Crippen molar-refractivity contribution in [2.75, 3.05) is 10.0 Å². The third-order valence-corrected chi connectivity index (χ3v) is 11.4. The smallest absolute Gasteiger partial charge is 0.245 e. The van der Waals surface area contributed by atoms with Crippen molar-refractivity contribution in [3.63, 3.8) is 0 Å². The first-order valence-corrected chi connectivity index (χ1v) is 18.1. The van der Waals surface area contributed by atoms with Gasteiger partial charge in [-0.25, -0.2) is 20.0 Å². The number of rotatable bonds is 3. The number of aryl methyl sites for hydroxylation is 1. The molecule has 3 heterocycles. The number of benzene rings is 8. The van der Waals surface area contributed by atoms with E-state index in [9.17, 15) is 0 Å². The molecule has 0 saturated carbocycles. The van der Waals surface area contributed by atoms with Crippen molar-refractivity contribution in [3.05, 3.63) is 169 Å². The van der Waals surface area contributed by atoms with Gasteiger partial charge < -0.3 is 0 Å². The first-order chi connectivity index (χ1) is 27.4. The predicted molar refractivity (Wildman–Crippen MR) is 220 cm³/mol. The van der Waals surface area contributed by atoms with Gasteiger partial charge in [-0.05, 0) is 58.2 Å². The highest BCUT2D eigenvalue weighted by molar-refractivity contribution is 7.26. The van der Waals surface area contributed by atoms with Crippen LogP contribution in [0.4, 0.5) is 23.0 Å². The van der Waals surface area contributed by atoms with Gasteiger partial charge >= 0.3 is 0 Å². The van der Waals surface area contributed by atoms with Crippen molar-refractivity contribution in [1.29, 1.82) is 0 Å². The minimum Gasteiger partial charge on any atom is -0.245 e. The molecule has 0 saturated heterocycles. The van der Waals surface area contributed by atoms with Gasteiger partial charge in [0.25, 0.3) is 5.95 Å². The van der Waals surface area contributed by atoms with Gasteiger partial charge in [-0.3, -0.25) is 0 Å². The summed E-state index contributed by atoms with van der Waals surface area (Å²) in [6.07, 6.45) is 0. The lowest BCUT2D eigenvalue weighted by atomic mass is 9.87. The topological polar surface area (TPSA) is 32.3 Å². The Morgan fingerprint density at radius 2 is 1.29 bits per heavy atom. The highest BCUT2D eigenvalue weighted by Gasteiger charge is 2.38. The predicted octanol–water partition coefficient (Wildman–Crippen LogP) is 13.2. The van der Waals surface area contributed by atoms with E-state index in [4.69, 9.17) is 15.5 Å². The summed E-state index contributed by atoms with van der Waals surface area (Å²) in [7, 11) is 0. The Kier molecular flexibility index (Phi) is 5.48. The van der Waals surface area contributed by atoms with E-state index < -0.39 is 6.85 Å². The molecule has 11 rings (SSSR count). The minimum absolute atomic E-state index is 0.207. The molecule has 0 bridgehead atoms.